The molecule has 1 rings (SSSR count). The van der Waals surface area contributed by atoms with Gasteiger partial charge in [-0.2, -0.15) is 0 Å². The molecule has 3 nitrogen and oxygen atoms in total. The average molecular weight is 229 g/mol. The minimum absolute atomic E-state index is 0. The minimum Gasteiger partial charge on any atom is -0.595 e. The Balaban J connectivity index is 0.00000225. The van der Waals surface area contributed by atoms with E-state index in [-0.39, 0.29) is 29.6 Å². The summed E-state index contributed by atoms with van der Waals surface area (Å²) in [7, 11) is 0. The van der Waals surface area contributed by atoms with Crippen molar-refractivity contribution in [3.63, 3.8) is 0 Å². The standard InChI is InChI=1S/C12H17NO2.Na/c1-12(2,3)15-11(14)13-9-10-7-5-4-6-8-10;/h4-8H,9H2,1-3H3,(H,13,14);/q;+1/p-1. The molecule has 4 heteroatoms. The van der Waals surface area contributed by atoms with Crippen molar-refractivity contribution < 1.29 is 39.4 Å². The Morgan fingerprint density at radius 1 is 1.25 bits per heavy atom. The van der Waals surface area contributed by atoms with Crippen molar-refractivity contribution in [2.24, 2.45) is 4.99 Å². The third-order valence-electron chi connectivity index (χ3n) is 1.63. The number of hydrogen-bond acceptors (Lipinski definition) is 3. The molecule has 1 aromatic rings. The molecule has 1 aromatic carbocycles. The number of benzene rings is 1. The van der Waals surface area contributed by atoms with Gasteiger partial charge in [-0.3, -0.25) is 4.99 Å². The van der Waals surface area contributed by atoms with E-state index in [0.29, 0.717) is 6.54 Å². The van der Waals surface area contributed by atoms with Gasteiger partial charge in [-0.1, -0.05) is 51.1 Å². The monoisotopic (exact) mass is 229 g/mol. The number of hydrogen-bond donors (Lipinski definition) is 0. The van der Waals surface area contributed by atoms with E-state index in [1.54, 1.807) is 0 Å². The summed E-state index contributed by atoms with van der Waals surface area (Å²) < 4.78 is 5.05. The van der Waals surface area contributed by atoms with Crippen molar-refractivity contribution in [3.05, 3.63) is 35.9 Å². The van der Waals surface area contributed by atoms with Gasteiger partial charge in [-0.25, -0.2) is 0 Å². The second-order valence-corrected chi connectivity index (χ2v) is 4.28. The van der Waals surface area contributed by atoms with E-state index in [0.717, 1.165) is 5.56 Å². The maximum absolute atomic E-state index is 11.2. The van der Waals surface area contributed by atoms with Crippen LogP contribution >= 0.6 is 0 Å². The Kier molecular flexibility index (Phi) is 6.72. The summed E-state index contributed by atoms with van der Waals surface area (Å²) >= 11 is 0. The fraction of sp³-hybridized carbons (Fsp3) is 0.417. The zero-order chi connectivity index (χ0) is 11.3. The van der Waals surface area contributed by atoms with E-state index in [4.69, 9.17) is 4.74 Å². The largest absolute Gasteiger partial charge is 1.00 e. The van der Waals surface area contributed by atoms with Crippen LogP contribution in [0, 0.1) is 0 Å². The molecular weight excluding hydrogens is 213 g/mol. The van der Waals surface area contributed by atoms with Crippen LogP contribution < -0.4 is 34.7 Å². The van der Waals surface area contributed by atoms with Crippen LogP contribution in [0.15, 0.2) is 35.3 Å². The van der Waals surface area contributed by atoms with E-state index in [9.17, 15) is 5.11 Å². The normalized spacial score (nSPS) is 11.8. The fourth-order valence-corrected chi connectivity index (χ4v) is 1.03. The Morgan fingerprint density at radius 2 is 1.81 bits per heavy atom. The SMILES string of the molecule is CC(C)(C)OC([O-])=NCc1ccccc1.[Na+]. The summed E-state index contributed by atoms with van der Waals surface area (Å²) in [5, 5.41) is 11.2. The Morgan fingerprint density at radius 3 is 2.31 bits per heavy atom. The molecule has 0 saturated heterocycles. The van der Waals surface area contributed by atoms with Gasteiger partial charge in [-0.05, 0) is 5.56 Å². The predicted molar refractivity (Wildman–Crippen MR) is 58.4 cm³/mol. The van der Waals surface area contributed by atoms with Crippen molar-refractivity contribution in [3.8, 4) is 0 Å². The van der Waals surface area contributed by atoms with Crippen molar-refractivity contribution in [2.75, 3.05) is 0 Å². The number of nitrogens with zero attached hydrogens (tertiary/aromatic N) is 1. The van der Waals surface area contributed by atoms with Gasteiger partial charge >= 0.3 is 29.6 Å². The van der Waals surface area contributed by atoms with Gasteiger partial charge in [0.2, 0.25) is 0 Å². The third-order valence-corrected chi connectivity index (χ3v) is 1.63. The first-order valence-electron chi connectivity index (χ1n) is 4.92. The van der Waals surface area contributed by atoms with Crippen LogP contribution in [0.5, 0.6) is 0 Å². The van der Waals surface area contributed by atoms with Crippen molar-refractivity contribution in [1.29, 1.82) is 0 Å². The van der Waals surface area contributed by atoms with Gasteiger partial charge in [0.05, 0.1) is 6.54 Å². The summed E-state index contributed by atoms with van der Waals surface area (Å²) in [5.41, 5.74) is 0.528. The van der Waals surface area contributed by atoms with Crippen molar-refractivity contribution in [2.45, 2.75) is 32.9 Å². The fourth-order valence-electron chi connectivity index (χ4n) is 1.03. The van der Waals surface area contributed by atoms with Gasteiger partial charge in [-0.15, -0.1) is 0 Å². The number of rotatable bonds is 2. The number of aliphatic imine (C=N–C) groups is 1. The van der Waals surface area contributed by atoms with Crippen LogP contribution in [0.2, 0.25) is 0 Å². The van der Waals surface area contributed by atoms with E-state index >= 15 is 0 Å². The molecule has 82 valence electrons. The molecule has 0 atom stereocenters. The molecular formula is C12H16NNaO2. The topological polar surface area (TPSA) is 44.6 Å². The molecule has 16 heavy (non-hydrogen) atoms. The first-order chi connectivity index (χ1) is 6.97. The second-order valence-electron chi connectivity index (χ2n) is 4.28. The zero-order valence-electron chi connectivity index (χ0n) is 10.4. The summed E-state index contributed by atoms with van der Waals surface area (Å²) in [6, 6.07) is 9.61. The molecule has 0 radical (unpaired) electrons. The van der Waals surface area contributed by atoms with Gasteiger partial charge < -0.3 is 9.84 Å². The van der Waals surface area contributed by atoms with Crippen molar-refractivity contribution >= 4 is 6.08 Å². The molecule has 0 aliphatic rings. The van der Waals surface area contributed by atoms with Crippen molar-refractivity contribution in [1.82, 2.24) is 0 Å². The van der Waals surface area contributed by atoms with Crippen LogP contribution in [0.1, 0.15) is 26.3 Å². The van der Waals surface area contributed by atoms with Gasteiger partial charge in [0.15, 0.2) is 0 Å². The first kappa shape index (κ1) is 15.5. The number of ether oxygens (including phenoxy) is 1. The molecule has 0 amide bonds. The minimum atomic E-state index is -0.508. The Labute approximate surface area is 119 Å². The van der Waals surface area contributed by atoms with Crippen LogP contribution in [0.4, 0.5) is 0 Å². The van der Waals surface area contributed by atoms with E-state index < -0.39 is 11.7 Å². The molecule has 0 N–H and O–H groups in total. The maximum atomic E-state index is 11.2. The molecule has 0 bridgehead atoms. The second kappa shape index (κ2) is 6.94. The van der Waals surface area contributed by atoms with E-state index in [1.807, 2.05) is 51.1 Å². The van der Waals surface area contributed by atoms with Gasteiger partial charge in [0.1, 0.15) is 6.08 Å². The van der Waals surface area contributed by atoms with Gasteiger partial charge in [0, 0.05) is 5.60 Å². The predicted octanol–water partition coefficient (Wildman–Crippen LogP) is -1.28. The van der Waals surface area contributed by atoms with Crippen LogP contribution in [0.3, 0.4) is 0 Å². The molecule has 0 unspecified atom stereocenters. The Bertz CT molecular complexity index is 331. The van der Waals surface area contributed by atoms with Crippen LogP contribution in [-0.4, -0.2) is 11.7 Å². The van der Waals surface area contributed by atoms with Gasteiger partial charge in [0.25, 0.3) is 0 Å². The molecule has 0 fully saturated rings. The van der Waals surface area contributed by atoms with E-state index in [1.165, 1.54) is 0 Å². The Hall–Kier alpha value is -0.510. The van der Waals surface area contributed by atoms with Crippen LogP contribution in [-0.2, 0) is 11.3 Å². The van der Waals surface area contributed by atoms with Crippen LogP contribution in [0.25, 0.3) is 0 Å². The third kappa shape index (κ3) is 6.88. The molecule has 0 spiro atoms. The molecule has 0 aromatic heterocycles. The summed E-state index contributed by atoms with van der Waals surface area (Å²) in [4.78, 5) is 3.82. The zero-order valence-corrected chi connectivity index (χ0v) is 12.4. The molecule has 0 saturated carbocycles. The smallest absolute Gasteiger partial charge is 0.595 e. The first-order valence-corrected chi connectivity index (χ1v) is 4.92. The molecule has 0 aliphatic heterocycles. The maximum Gasteiger partial charge on any atom is 1.00 e. The molecule has 0 heterocycles. The molecule has 0 aliphatic carbocycles. The quantitative estimate of drug-likeness (QED) is 0.360. The summed E-state index contributed by atoms with van der Waals surface area (Å²) in [6.07, 6.45) is -0.508. The summed E-state index contributed by atoms with van der Waals surface area (Å²) in [5.74, 6) is 0. The van der Waals surface area contributed by atoms with E-state index in [2.05, 4.69) is 4.99 Å². The average Bonchev–Trinajstić information content (AvgIpc) is 2.14. The summed E-state index contributed by atoms with van der Waals surface area (Å²) in [6.45, 7) is 5.84.